The van der Waals surface area contributed by atoms with Crippen LogP contribution in [-0.2, 0) is 16.1 Å². The van der Waals surface area contributed by atoms with Crippen molar-refractivity contribution in [3.63, 3.8) is 0 Å². The van der Waals surface area contributed by atoms with E-state index >= 15 is 0 Å². The van der Waals surface area contributed by atoms with Gasteiger partial charge in [0.25, 0.3) is 5.91 Å². The minimum atomic E-state index is -1.98. The first-order chi connectivity index (χ1) is 18.1. The van der Waals surface area contributed by atoms with E-state index in [2.05, 4.69) is 39.2 Å². The summed E-state index contributed by atoms with van der Waals surface area (Å²) in [4.78, 5) is 28.0. The highest BCUT2D eigenvalue weighted by atomic mass is 28.4. The number of nitrogens with zero attached hydrogens (tertiary/aromatic N) is 1. The second-order valence-electron chi connectivity index (χ2n) is 12.9. The van der Waals surface area contributed by atoms with Crippen molar-refractivity contribution in [3.8, 4) is 5.75 Å². The monoisotopic (exact) mass is 554 g/mol. The van der Waals surface area contributed by atoms with E-state index in [4.69, 9.17) is 13.9 Å². The number of nitrogens with one attached hydrogen (secondary N) is 1. The topological polar surface area (TPSA) is 77.1 Å². The van der Waals surface area contributed by atoms with E-state index in [-0.39, 0.29) is 29.2 Å². The van der Waals surface area contributed by atoms with E-state index < -0.39 is 13.9 Å². The molecule has 1 heterocycles. The van der Waals surface area contributed by atoms with Gasteiger partial charge in [0.05, 0.1) is 18.8 Å². The summed E-state index contributed by atoms with van der Waals surface area (Å²) in [5.74, 6) is 0.561. The highest BCUT2D eigenvalue weighted by molar-refractivity contribution is 6.74. The Kier molecular flexibility index (Phi) is 9.88. The molecule has 2 aromatic rings. The lowest BCUT2D eigenvalue weighted by molar-refractivity contribution is 0.00421. The van der Waals surface area contributed by atoms with Crippen LogP contribution in [0.5, 0.6) is 5.75 Å². The molecule has 0 aromatic heterocycles. The summed E-state index contributed by atoms with van der Waals surface area (Å²) in [6, 6.07) is 16.9. The fourth-order valence-corrected chi connectivity index (χ4v) is 5.14. The highest BCUT2D eigenvalue weighted by Gasteiger charge is 2.39. The standard InChI is InChI=1S/C31H46N2O5Si/c1-30(2,3)37-29(35)33-20-12-15-27(36-22-23-13-10-9-11-14-23)26(21-33)32-28(34)24-16-18-25(19-17-24)38-39(7,8)31(4,5)6/h9-11,13-14,16-19,26-27H,12,15,20-22H2,1-8H3,(H,32,34)/t26-,27-/m1/s1. The minimum Gasteiger partial charge on any atom is -0.544 e. The van der Waals surface area contributed by atoms with Gasteiger partial charge in [-0.3, -0.25) is 4.79 Å². The Hall–Kier alpha value is -2.84. The van der Waals surface area contributed by atoms with Crippen LogP contribution in [0.3, 0.4) is 0 Å². The van der Waals surface area contributed by atoms with Gasteiger partial charge in [0.1, 0.15) is 11.4 Å². The summed E-state index contributed by atoms with van der Waals surface area (Å²) < 4.78 is 18.3. The van der Waals surface area contributed by atoms with Gasteiger partial charge in [0.15, 0.2) is 0 Å². The van der Waals surface area contributed by atoms with Crippen molar-refractivity contribution in [2.45, 2.75) is 96.9 Å². The van der Waals surface area contributed by atoms with E-state index in [9.17, 15) is 9.59 Å². The largest absolute Gasteiger partial charge is 0.544 e. The molecule has 0 bridgehead atoms. The molecule has 1 N–H and O–H groups in total. The highest BCUT2D eigenvalue weighted by Crippen LogP contribution is 2.37. The Morgan fingerprint density at radius 2 is 1.62 bits per heavy atom. The Morgan fingerprint density at radius 1 is 0.974 bits per heavy atom. The molecular formula is C31H46N2O5Si. The van der Waals surface area contributed by atoms with Crippen LogP contribution in [0.25, 0.3) is 0 Å². The molecule has 1 aliphatic heterocycles. The summed E-state index contributed by atoms with van der Waals surface area (Å²) in [7, 11) is -1.98. The van der Waals surface area contributed by atoms with Crippen LogP contribution in [0.1, 0.15) is 70.3 Å². The maximum Gasteiger partial charge on any atom is 0.410 e. The van der Waals surface area contributed by atoms with Crippen molar-refractivity contribution in [2.75, 3.05) is 13.1 Å². The second kappa shape index (κ2) is 12.6. The first-order valence-electron chi connectivity index (χ1n) is 13.9. The third-order valence-electron chi connectivity index (χ3n) is 7.35. The van der Waals surface area contributed by atoms with Crippen LogP contribution in [0, 0.1) is 0 Å². The zero-order valence-corrected chi connectivity index (χ0v) is 25.9. The van der Waals surface area contributed by atoms with Gasteiger partial charge in [0.2, 0.25) is 8.32 Å². The summed E-state index contributed by atoms with van der Waals surface area (Å²) in [5.41, 5.74) is 1.00. The first kappa shape index (κ1) is 30.7. The van der Waals surface area contributed by atoms with Gasteiger partial charge in [-0.05, 0) is 81.6 Å². The number of hydrogen-bond donors (Lipinski definition) is 1. The molecule has 0 saturated carbocycles. The number of carbonyl (C=O) groups is 2. The van der Waals surface area contributed by atoms with Crippen LogP contribution in [0.15, 0.2) is 54.6 Å². The Labute approximate surface area is 235 Å². The number of ether oxygens (including phenoxy) is 2. The van der Waals surface area contributed by atoms with Crippen molar-refractivity contribution in [2.24, 2.45) is 0 Å². The maximum absolute atomic E-state index is 13.4. The third kappa shape index (κ3) is 9.10. The van der Waals surface area contributed by atoms with Crippen LogP contribution < -0.4 is 9.74 Å². The Morgan fingerprint density at radius 3 is 2.21 bits per heavy atom. The Balaban J connectivity index is 1.75. The molecule has 7 nitrogen and oxygen atoms in total. The summed E-state index contributed by atoms with van der Waals surface area (Å²) in [5, 5.41) is 3.24. The molecule has 1 saturated heterocycles. The SMILES string of the molecule is CC(C)(C)OC(=O)N1CCC[C@@H](OCc2ccccc2)[C@H](NC(=O)c2ccc(O[Si](C)(C)C(C)(C)C)cc2)C1. The molecule has 0 spiro atoms. The molecule has 0 radical (unpaired) electrons. The molecular weight excluding hydrogens is 508 g/mol. The van der Waals surface area contributed by atoms with Gasteiger partial charge in [-0.25, -0.2) is 4.79 Å². The van der Waals surface area contributed by atoms with Crippen molar-refractivity contribution in [3.05, 3.63) is 65.7 Å². The van der Waals surface area contributed by atoms with Crippen LogP contribution in [-0.4, -0.2) is 56.1 Å². The molecule has 1 aliphatic rings. The molecule has 3 rings (SSSR count). The lowest BCUT2D eigenvalue weighted by atomic mass is 10.1. The fraction of sp³-hybridized carbons (Fsp3) is 0.548. The van der Waals surface area contributed by atoms with Gasteiger partial charge in [0, 0.05) is 18.7 Å². The summed E-state index contributed by atoms with van der Waals surface area (Å²) in [6.07, 6.45) is 0.848. The quantitative estimate of drug-likeness (QED) is 0.382. The zero-order valence-electron chi connectivity index (χ0n) is 24.9. The van der Waals surface area contributed by atoms with Gasteiger partial charge in [-0.2, -0.15) is 0 Å². The normalized spacial score (nSPS) is 18.7. The smallest absolute Gasteiger partial charge is 0.410 e. The average molecular weight is 555 g/mol. The van der Waals surface area contributed by atoms with Gasteiger partial charge in [-0.1, -0.05) is 51.1 Å². The molecule has 1 fully saturated rings. The molecule has 2 amide bonds. The van der Waals surface area contributed by atoms with Gasteiger partial charge < -0.3 is 24.1 Å². The van der Waals surface area contributed by atoms with Crippen molar-refractivity contribution < 1.29 is 23.5 Å². The van der Waals surface area contributed by atoms with Crippen LogP contribution in [0.2, 0.25) is 18.1 Å². The van der Waals surface area contributed by atoms with Crippen LogP contribution in [0.4, 0.5) is 4.79 Å². The predicted octanol–water partition coefficient (Wildman–Crippen LogP) is 6.79. The van der Waals surface area contributed by atoms with Crippen molar-refractivity contribution in [1.29, 1.82) is 0 Å². The predicted molar refractivity (Wildman–Crippen MR) is 158 cm³/mol. The van der Waals surface area contributed by atoms with E-state index in [1.54, 1.807) is 17.0 Å². The van der Waals surface area contributed by atoms with Gasteiger partial charge in [-0.15, -0.1) is 0 Å². The third-order valence-corrected chi connectivity index (χ3v) is 11.7. The molecule has 0 aliphatic carbocycles. The van der Waals surface area contributed by atoms with Crippen molar-refractivity contribution >= 4 is 20.3 Å². The number of rotatable bonds is 7. The lowest BCUT2D eigenvalue weighted by Crippen LogP contribution is -2.51. The van der Waals surface area contributed by atoms with E-state index in [1.165, 1.54) is 0 Å². The molecule has 8 heteroatoms. The fourth-order valence-electron chi connectivity index (χ4n) is 4.11. The molecule has 0 unspecified atom stereocenters. The average Bonchev–Trinajstić information content (AvgIpc) is 3.04. The maximum atomic E-state index is 13.4. The van der Waals surface area contributed by atoms with Crippen LogP contribution >= 0.6 is 0 Å². The summed E-state index contributed by atoms with van der Waals surface area (Å²) >= 11 is 0. The van der Waals surface area contributed by atoms with Crippen molar-refractivity contribution in [1.82, 2.24) is 10.2 Å². The molecule has 2 aromatic carbocycles. The van der Waals surface area contributed by atoms with E-state index in [0.29, 0.717) is 25.3 Å². The summed E-state index contributed by atoms with van der Waals surface area (Å²) in [6.45, 7) is 17.9. The number of benzene rings is 2. The molecule has 214 valence electrons. The van der Waals surface area contributed by atoms with Gasteiger partial charge >= 0.3 is 6.09 Å². The number of likely N-dealkylation sites (tertiary alicyclic amines) is 1. The first-order valence-corrected chi connectivity index (χ1v) is 16.8. The minimum absolute atomic E-state index is 0.0807. The van der Waals surface area contributed by atoms with E-state index in [1.807, 2.05) is 63.2 Å². The molecule has 2 atom stereocenters. The lowest BCUT2D eigenvalue weighted by Gasteiger charge is -2.36. The Bertz CT molecular complexity index is 1090. The second-order valence-corrected chi connectivity index (χ2v) is 17.6. The van der Waals surface area contributed by atoms with E-state index in [0.717, 1.165) is 24.2 Å². The molecule has 39 heavy (non-hydrogen) atoms. The number of hydrogen-bond acceptors (Lipinski definition) is 5. The zero-order chi connectivity index (χ0) is 28.8. The number of carbonyl (C=O) groups excluding carboxylic acids is 2. The number of amides is 2.